The average molecular weight is 499 g/mol. The van der Waals surface area contributed by atoms with Crippen LogP contribution in [-0.2, 0) is 4.74 Å². The van der Waals surface area contributed by atoms with Crippen molar-refractivity contribution in [2.24, 2.45) is 0 Å². The van der Waals surface area contributed by atoms with Gasteiger partial charge in [-0.2, -0.15) is 10.1 Å². The molecule has 2 aliphatic rings. The second kappa shape index (κ2) is 8.55. The number of halogens is 2. The number of hydrogen-bond donors (Lipinski definition) is 0. The Labute approximate surface area is 205 Å². The maximum absolute atomic E-state index is 15.0. The van der Waals surface area contributed by atoms with E-state index in [-0.39, 0.29) is 12.0 Å². The van der Waals surface area contributed by atoms with Gasteiger partial charge in [-0.05, 0) is 43.9 Å². The molecule has 0 amide bonds. The lowest BCUT2D eigenvalue weighted by molar-refractivity contribution is 0.00396. The van der Waals surface area contributed by atoms with E-state index in [4.69, 9.17) is 31.3 Å². The molecule has 1 aliphatic heterocycles. The summed E-state index contributed by atoms with van der Waals surface area (Å²) in [5.41, 5.74) is 2.64. The lowest BCUT2D eigenvalue weighted by atomic mass is 9.92. The van der Waals surface area contributed by atoms with Gasteiger partial charge in [-0.25, -0.2) is 14.4 Å². The maximum Gasteiger partial charge on any atom is 0.187 e. The molecule has 6 rings (SSSR count). The average Bonchev–Trinajstić information content (AvgIpc) is 3.38. The van der Waals surface area contributed by atoms with E-state index >= 15 is 0 Å². The standard InChI is InChI=1S/C24H24ClFN6OS/c1-31(2)24-30-23-21(34-24)20(17-6-3-15(25)10-18(17)26)28-22(29-23)13-7-8-33-19(9-13)14-11-27-32(12-14)16-4-5-16/h3,6,10-13,16,19H,4-5,7-9H2,1-2H3/t13-,19+/m1/s1. The van der Waals surface area contributed by atoms with Crippen molar-refractivity contribution in [3.63, 3.8) is 0 Å². The molecule has 2 fully saturated rings. The summed E-state index contributed by atoms with van der Waals surface area (Å²) < 4.78 is 23.9. The fourth-order valence-electron chi connectivity index (χ4n) is 4.39. The molecular weight excluding hydrogens is 475 g/mol. The van der Waals surface area contributed by atoms with Gasteiger partial charge in [-0.3, -0.25) is 4.68 Å². The van der Waals surface area contributed by atoms with Crippen molar-refractivity contribution in [3.8, 4) is 11.3 Å². The third-order valence-electron chi connectivity index (χ3n) is 6.39. The van der Waals surface area contributed by atoms with Crippen LogP contribution in [-0.4, -0.2) is 45.4 Å². The van der Waals surface area contributed by atoms with E-state index in [0.29, 0.717) is 40.4 Å². The molecule has 4 heterocycles. The minimum absolute atomic E-state index is 0.0611. The van der Waals surface area contributed by atoms with E-state index in [1.165, 1.54) is 30.2 Å². The van der Waals surface area contributed by atoms with Gasteiger partial charge < -0.3 is 9.64 Å². The zero-order valence-corrected chi connectivity index (χ0v) is 20.5. The van der Waals surface area contributed by atoms with E-state index in [1.807, 2.05) is 29.9 Å². The number of fused-ring (bicyclic) bond motifs is 1. The topological polar surface area (TPSA) is 69.0 Å². The summed E-state index contributed by atoms with van der Waals surface area (Å²) in [6.45, 7) is 0.607. The highest BCUT2D eigenvalue weighted by Crippen LogP contribution is 2.41. The Kier molecular flexibility index (Phi) is 5.50. The maximum atomic E-state index is 15.0. The number of benzene rings is 1. The number of anilines is 1. The summed E-state index contributed by atoms with van der Waals surface area (Å²) >= 11 is 7.47. The van der Waals surface area contributed by atoms with Gasteiger partial charge in [0.15, 0.2) is 10.8 Å². The van der Waals surface area contributed by atoms with Crippen LogP contribution in [0.1, 0.15) is 55.1 Å². The second-order valence-corrected chi connectivity index (χ2v) is 10.6. The van der Waals surface area contributed by atoms with Crippen LogP contribution in [0.2, 0.25) is 5.02 Å². The van der Waals surface area contributed by atoms with Crippen LogP contribution in [0, 0.1) is 5.82 Å². The Morgan fingerprint density at radius 1 is 1.18 bits per heavy atom. The van der Waals surface area contributed by atoms with Crippen molar-refractivity contribution >= 4 is 38.4 Å². The van der Waals surface area contributed by atoms with Crippen LogP contribution >= 0.6 is 22.9 Å². The molecule has 0 spiro atoms. The van der Waals surface area contributed by atoms with Crippen molar-refractivity contribution in [1.29, 1.82) is 0 Å². The SMILES string of the molecule is CN(C)c1nc2nc([C@@H]3CCO[C@H](c4cnn(C5CC5)c4)C3)nc(-c3ccc(Cl)cc3F)c2s1. The zero-order valence-electron chi connectivity index (χ0n) is 18.9. The minimum atomic E-state index is -0.407. The van der Waals surface area contributed by atoms with E-state index in [2.05, 4.69) is 11.3 Å². The molecule has 0 unspecified atom stereocenters. The zero-order chi connectivity index (χ0) is 23.4. The van der Waals surface area contributed by atoms with Gasteiger partial charge in [0, 0.05) is 49.0 Å². The number of rotatable bonds is 5. The Balaban J connectivity index is 1.39. The Bertz CT molecular complexity index is 1370. The van der Waals surface area contributed by atoms with Crippen LogP contribution in [0.15, 0.2) is 30.6 Å². The Morgan fingerprint density at radius 3 is 2.79 bits per heavy atom. The van der Waals surface area contributed by atoms with Crippen LogP contribution in [0.4, 0.5) is 9.52 Å². The van der Waals surface area contributed by atoms with Gasteiger partial charge in [0.2, 0.25) is 0 Å². The highest BCUT2D eigenvalue weighted by molar-refractivity contribution is 7.22. The van der Waals surface area contributed by atoms with Crippen molar-refractivity contribution in [3.05, 3.63) is 52.8 Å². The molecule has 7 nitrogen and oxygen atoms in total. The molecule has 1 saturated carbocycles. The molecule has 1 aromatic carbocycles. The number of ether oxygens (including phenoxy) is 1. The third-order valence-corrected chi connectivity index (χ3v) is 7.85. The van der Waals surface area contributed by atoms with Crippen LogP contribution in [0.3, 0.4) is 0 Å². The first-order valence-electron chi connectivity index (χ1n) is 11.4. The molecule has 0 bridgehead atoms. The summed E-state index contributed by atoms with van der Waals surface area (Å²) in [6.07, 6.45) is 7.88. The first kappa shape index (κ1) is 21.9. The number of aromatic nitrogens is 5. The summed E-state index contributed by atoms with van der Waals surface area (Å²) in [5.74, 6) is 0.344. The number of thiazole rings is 1. The largest absolute Gasteiger partial charge is 0.373 e. The normalized spacial score (nSPS) is 20.7. The summed E-state index contributed by atoms with van der Waals surface area (Å²) in [6, 6.07) is 5.22. The molecule has 4 aromatic rings. The number of nitrogens with zero attached hydrogens (tertiary/aromatic N) is 6. The fraction of sp³-hybridized carbons (Fsp3) is 0.417. The van der Waals surface area contributed by atoms with Gasteiger partial charge >= 0.3 is 0 Å². The molecule has 3 aromatic heterocycles. The van der Waals surface area contributed by atoms with Gasteiger partial charge in [-0.15, -0.1) is 0 Å². The molecule has 0 radical (unpaired) electrons. The van der Waals surface area contributed by atoms with Gasteiger partial charge in [-0.1, -0.05) is 22.9 Å². The molecule has 10 heteroatoms. The van der Waals surface area contributed by atoms with Crippen molar-refractivity contribution in [1.82, 2.24) is 24.7 Å². The van der Waals surface area contributed by atoms with E-state index in [1.54, 1.807) is 12.1 Å². The summed E-state index contributed by atoms with van der Waals surface area (Å²) in [5, 5.41) is 5.67. The molecule has 0 N–H and O–H groups in total. The van der Waals surface area contributed by atoms with Crippen molar-refractivity contribution in [2.45, 2.75) is 43.7 Å². The van der Waals surface area contributed by atoms with Crippen LogP contribution in [0.25, 0.3) is 21.6 Å². The highest BCUT2D eigenvalue weighted by Gasteiger charge is 2.31. The van der Waals surface area contributed by atoms with E-state index < -0.39 is 5.82 Å². The third kappa shape index (κ3) is 4.06. The van der Waals surface area contributed by atoms with Crippen LogP contribution in [0.5, 0.6) is 0 Å². The lowest BCUT2D eigenvalue weighted by Crippen LogP contribution is -2.20. The van der Waals surface area contributed by atoms with Crippen molar-refractivity contribution < 1.29 is 9.13 Å². The summed E-state index contributed by atoms with van der Waals surface area (Å²) in [7, 11) is 3.86. The highest BCUT2D eigenvalue weighted by atomic mass is 35.5. The van der Waals surface area contributed by atoms with Crippen LogP contribution < -0.4 is 4.90 Å². The fourth-order valence-corrected chi connectivity index (χ4v) is 5.48. The van der Waals surface area contributed by atoms with Gasteiger partial charge in [0.25, 0.3) is 0 Å². The smallest absolute Gasteiger partial charge is 0.187 e. The minimum Gasteiger partial charge on any atom is -0.373 e. The summed E-state index contributed by atoms with van der Waals surface area (Å²) in [4.78, 5) is 16.4. The quantitative estimate of drug-likeness (QED) is 0.347. The monoisotopic (exact) mass is 498 g/mol. The van der Waals surface area contributed by atoms with Crippen molar-refractivity contribution in [2.75, 3.05) is 25.6 Å². The molecule has 1 saturated heterocycles. The molecule has 34 heavy (non-hydrogen) atoms. The van der Waals surface area contributed by atoms with E-state index in [9.17, 15) is 4.39 Å². The second-order valence-electron chi connectivity index (χ2n) is 9.16. The van der Waals surface area contributed by atoms with E-state index in [0.717, 1.165) is 28.2 Å². The first-order chi connectivity index (χ1) is 16.5. The molecule has 1 aliphatic carbocycles. The molecule has 2 atom stereocenters. The predicted octanol–water partition coefficient (Wildman–Crippen LogP) is 5.78. The lowest BCUT2D eigenvalue weighted by Gasteiger charge is -2.28. The van der Waals surface area contributed by atoms with Gasteiger partial charge in [0.05, 0.1) is 24.0 Å². The first-order valence-corrected chi connectivity index (χ1v) is 12.6. The Hall–Kier alpha value is -2.62. The molecule has 176 valence electrons. The molecular formula is C24H24ClFN6OS. The Morgan fingerprint density at radius 2 is 2.03 bits per heavy atom. The predicted molar refractivity (Wildman–Crippen MR) is 131 cm³/mol. The van der Waals surface area contributed by atoms with Gasteiger partial charge in [0.1, 0.15) is 16.3 Å². The number of hydrogen-bond acceptors (Lipinski definition) is 7.